The second-order valence-corrected chi connectivity index (χ2v) is 4.95. The summed E-state index contributed by atoms with van der Waals surface area (Å²) in [6.07, 6.45) is 6.54. The lowest BCUT2D eigenvalue weighted by atomic mass is 10.1. The van der Waals surface area contributed by atoms with E-state index in [1.165, 1.54) is 5.56 Å². The molecule has 0 aliphatic carbocycles. The highest BCUT2D eigenvalue weighted by Gasteiger charge is 2.29. The van der Waals surface area contributed by atoms with Crippen LogP contribution < -0.4 is 0 Å². The minimum absolute atomic E-state index is 0.647. The SMILES string of the molecule is CC1=NC2=NC(Cc3ccccc3)=NC3=CC=CC(=N1)N32. The second-order valence-electron chi connectivity index (χ2n) is 4.95. The van der Waals surface area contributed by atoms with Gasteiger partial charge in [0.1, 0.15) is 23.3 Å². The summed E-state index contributed by atoms with van der Waals surface area (Å²) in [5.74, 6) is 3.78. The Balaban J connectivity index is 1.74. The first kappa shape index (κ1) is 12.0. The fourth-order valence-electron chi connectivity index (χ4n) is 2.46. The minimum atomic E-state index is 0.647. The van der Waals surface area contributed by atoms with Crippen LogP contribution in [0.2, 0.25) is 0 Å². The molecule has 1 aromatic carbocycles. The van der Waals surface area contributed by atoms with E-state index >= 15 is 0 Å². The lowest BCUT2D eigenvalue weighted by Gasteiger charge is -2.30. The molecule has 0 saturated heterocycles. The number of hydrogen-bond donors (Lipinski definition) is 0. The van der Waals surface area contributed by atoms with Crippen molar-refractivity contribution in [2.45, 2.75) is 13.3 Å². The van der Waals surface area contributed by atoms with Gasteiger partial charge in [-0.15, -0.1) is 0 Å². The van der Waals surface area contributed by atoms with E-state index in [2.05, 4.69) is 32.1 Å². The van der Waals surface area contributed by atoms with Crippen LogP contribution in [0.4, 0.5) is 0 Å². The predicted octanol–water partition coefficient (Wildman–Crippen LogP) is 2.54. The van der Waals surface area contributed by atoms with E-state index in [1.807, 2.05) is 48.3 Å². The number of amidine groups is 3. The molecular weight excluding hydrogens is 262 g/mol. The van der Waals surface area contributed by atoms with Gasteiger partial charge < -0.3 is 0 Å². The molecule has 0 radical (unpaired) electrons. The molecule has 0 amide bonds. The van der Waals surface area contributed by atoms with Crippen molar-refractivity contribution >= 4 is 23.5 Å². The number of benzene rings is 1. The van der Waals surface area contributed by atoms with Gasteiger partial charge in [0, 0.05) is 6.42 Å². The van der Waals surface area contributed by atoms with Crippen LogP contribution in [-0.4, -0.2) is 28.4 Å². The monoisotopic (exact) mass is 275 g/mol. The van der Waals surface area contributed by atoms with E-state index in [9.17, 15) is 0 Å². The van der Waals surface area contributed by atoms with Crippen LogP contribution in [0, 0.1) is 0 Å². The molecule has 3 aliphatic heterocycles. The average molecular weight is 275 g/mol. The number of aliphatic imine (C=N–C) groups is 4. The highest BCUT2D eigenvalue weighted by atomic mass is 15.4. The van der Waals surface area contributed by atoms with Gasteiger partial charge in [-0.25, -0.2) is 14.9 Å². The maximum absolute atomic E-state index is 4.62. The number of allylic oxidation sites excluding steroid dienone is 2. The first-order valence-electron chi connectivity index (χ1n) is 6.82. The first-order valence-corrected chi connectivity index (χ1v) is 6.82. The Morgan fingerprint density at radius 3 is 2.71 bits per heavy atom. The largest absolute Gasteiger partial charge is 0.246 e. The molecule has 1 aromatic rings. The van der Waals surface area contributed by atoms with E-state index in [-0.39, 0.29) is 0 Å². The fraction of sp³-hybridized carbons (Fsp3) is 0.125. The van der Waals surface area contributed by atoms with Gasteiger partial charge >= 0.3 is 0 Å². The molecule has 0 aromatic heterocycles. The van der Waals surface area contributed by atoms with Crippen molar-refractivity contribution in [3.8, 4) is 0 Å². The van der Waals surface area contributed by atoms with Crippen LogP contribution in [-0.2, 0) is 6.42 Å². The van der Waals surface area contributed by atoms with Crippen LogP contribution >= 0.6 is 0 Å². The molecule has 5 heteroatoms. The second kappa shape index (κ2) is 4.63. The Morgan fingerprint density at radius 2 is 1.86 bits per heavy atom. The summed E-state index contributed by atoms with van der Waals surface area (Å²) in [6, 6.07) is 10.2. The van der Waals surface area contributed by atoms with Gasteiger partial charge in [0.15, 0.2) is 0 Å². The molecule has 4 rings (SSSR count). The Morgan fingerprint density at radius 1 is 1.00 bits per heavy atom. The van der Waals surface area contributed by atoms with Gasteiger partial charge in [-0.05, 0) is 24.6 Å². The van der Waals surface area contributed by atoms with Gasteiger partial charge in [-0.2, -0.15) is 9.98 Å². The Bertz CT molecular complexity index is 778. The summed E-state index contributed by atoms with van der Waals surface area (Å²) < 4.78 is 0. The van der Waals surface area contributed by atoms with Gasteiger partial charge in [0.05, 0.1) is 0 Å². The third kappa shape index (κ3) is 2.12. The van der Waals surface area contributed by atoms with Crippen molar-refractivity contribution in [3.63, 3.8) is 0 Å². The van der Waals surface area contributed by atoms with Gasteiger partial charge in [-0.3, -0.25) is 0 Å². The van der Waals surface area contributed by atoms with Crippen molar-refractivity contribution in [2.24, 2.45) is 20.0 Å². The van der Waals surface area contributed by atoms with Crippen LogP contribution in [0.3, 0.4) is 0 Å². The van der Waals surface area contributed by atoms with Crippen LogP contribution in [0.25, 0.3) is 0 Å². The van der Waals surface area contributed by atoms with Crippen LogP contribution in [0.1, 0.15) is 12.5 Å². The lowest BCUT2D eigenvalue weighted by molar-refractivity contribution is 0.708. The average Bonchev–Trinajstić information content (AvgIpc) is 2.48. The maximum atomic E-state index is 4.62. The molecule has 0 fully saturated rings. The quantitative estimate of drug-likeness (QED) is 0.818. The molecule has 0 bridgehead atoms. The summed E-state index contributed by atoms with van der Waals surface area (Å²) in [6.45, 7) is 1.88. The van der Waals surface area contributed by atoms with Gasteiger partial charge in [0.2, 0.25) is 5.96 Å². The highest BCUT2D eigenvalue weighted by molar-refractivity contribution is 6.20. The Hall–Kier alpha value is -2.82. The molecule has 5 nitrogen and oxygen atoms in total. The maximum Gasteiger partial charge on any atom is 0.240 e. The molecule has 21 heavy (non-hydrogen) atoms. The molecule has 0 saturated carbocycles. The molecule has 0 unspecified atom stereocenters. The Labute approximate surface area is 122 Å². The normalized spacial score (nSPS) is 19.1. The van der Waals surface area contributed by atoms with Crippen molar-refractivity contribution in [3.05, 3.63) is 59.9 Å². The summed E-state index contributed by atoms with van der Waals surface area (Å²) in [4.78, 5) is 19.9. The number of rotatable bonds is 2. The standard InChI is InChI=1S/C16H13N5/c1-11-17-14-8-5-9-15-19-13(20-16(18-11)21(14)15)10-12-6-3-2-4-7-12/h2-9H,10H2,1H3. The minimum Gasteiger partial charge on any atom is -0.246 e. The molecule has 3 aliphatic rings. The topological polar surface area (TPSA) is 52.7 Å². The van der Waals surface area contributed by atoms with E-state index in [0.717, 1.165) is 17.5 Å². The third-order valence-corrected chi connectivity index (χ3v) is 3.36. The Kier molecular flexibility index (Phi) is 2.64. The van der Waals surface area contributed by atoms with Gasteiger partial charge in [-0.1, -0.05) is 36.4 Å². The zero-order chi connectivity index (χ0) is 14.2. The van der Waals surface area contributed by atoms with Crippen molar-refractivity contribution in [2.75, 3.05) is 0 Å². The van der Waals surface area contributed by atoms with Gasteiger partial charge in [0.25, 0.3) is 0 Å². The van der Waals surface area contributed by atoms with E-state index < -0.39 is 0 Å². The zero-order valence-corrected chi connectivity index (χ0v) is 11.6. The fourth-order valence-corrected chi connectivity index (χ4v) is 2.46. The molecule has 102 valence electrons. The van der Waals surface area contributed by atoms with Crippen molar-refractivity contribution < 1.29 is 0 Å². The molecule has 0 spiro atoms. The zero-order valence-electron chi connectivity index (χ0n) is 11.6. The van der Waals surface area contributed by atoms with Crippen molar-refractivity contribution in [1.29, 1.82) is 0 Å². The van der Waals surface area contributed by atoms with Crippen LogP contribution in [0.5, 0.6) is 0 Å². The van der Waals surface area contributed by atoms with E-state index in [0.29, 0.717) is 18.2 Å². The summed E-state index contributed by atoms with van der Waals surface area (Å²) in [5.41, 5.74) is 1.19. The summed E-state index contributed by atoms with van der Waals surface area (Å²) >= 11 is 0. The number of guanidine groups is 1. The smallest absolute Gasteiger partial charge is 0.240 e. The molecular formula is C16H13N5. The predicted molar refractivity (Wildman–Crippen MR) is 84.6 cm³/mol. The van der Waals surface area contributed by atoms with E-state index in [4.69, 9.17) is 0 Å². The lowest BCUT2D eigenvalue weighted by Crippen LogP contribution is -2.41. The van der Waals surface area contributed by atoms with Crippen molar-refractivity contribution in [1.82, 2.24) is 4.90 Å². The third-order valence-electron chi connectivity index (χ3n) is 3.36. The van der Waals surface area contributed by atoms with E-state index in [1.54, 1.807) is 0 Å². The number of nitrogens with zero attached hydrogens (tertiary/aromatic N) is 5. The highest BCUT2D eigenvalue weighted by Crippen LogP contribution is 2.23. The molecule has 0 N–H and O–H groups in total. The molecule has 0 atom stereocenters. The summed E-state index contributed by atoms with van der Waals surface area (Å²) in [5, 5.41) is 0. The summed E-state index contributed by atoms with van der Waals surface area (Å²) in [7, 11) is 0. The molecule has 3 heterocycles. The van der Waals surface area contributed by atoms with Crippen LogP contribution in [0.15, 0.2) is 74.4 Å². The number of hydrogen-bond acceptors (Lipinski definition) is 5. The first-order chi connectivity index (χ1) is 10.3.